The van der Waals surface area contributed by atoms with E-state index in [1.54, 1.807) is 0 Å². The Kier molecular flexibility index (Phi) is 8.15. The molecular formula is C57H54N2. The van der Waals surface area contributed by atoms with E-state index in [4.69, 9.17) is 0 Å². The van der Waals surface area contributed by atoms with E-state index in [9.17, 15) is 0 Å². The quantitative estimate of drug-likeness (QED) is 0.172. The van der Waals surface area contributed by atoms with Gasteiger partial charge in [-0.1, -0.05) is 172 Å². The third-order valence-corrected chi connectivity index (χ3v) is 13.7. The number of rotatable bonds is 5. The summed E-state index contributed by atoms with van der Waals surface area (Å²) in [7, 11) is 0. The summed E-state index contributed by atoms with van der Waals surface area (Å²) in [5.41, 5.74) is 21.6. The molecule has 3 aliphatic rings. The summed E-state index contributed by atoms with van der Waals surface area (Å²) in [6.45, 7) is 21.2. The summed E-state index contributed by atoms with van der Waals surface area (Å²) in [5.74, 6) is 0. The van der Waals surface area contributed by atoms with Gasteiger partial charge < -0.3 is 9.80 Å². The van der Waals surface area contributed by atoms with Crippen molar-refractivity contribution in [3.8, 4) is 33.4 Å². The van der Waals surface area contributed by atoms with E-state index in [-0.39, 0.29) is 21.7 Å². The average molecular weight is 767 g/mol. The van der Waals surface area contributed by atoms with Crippen molar-refractivity contribution < 1.29 is 0 Å². The molecule has 1 aliphatic carbocycles. The molecule has 2 heterocycles. The van der Waals surface area contributed by atoms with Crippen LogP contribution in [0.2, 0.25) is 0 Å². The number of benzene rings is 7. The maximum absolute atomic E-state index is 2.50. The molecule has 0 saturated carbocycles. The molecule has 7 aromatic rings. The minimum Gasteiger partial charge on any atom is -0.317 e. The SMILES string of the molecule is CC(C)(C)c1ccc(N(c2ccc(-c3ccccc3)cc2)c2ccc3c(c2)C(C)(C)c2cc(-c4ccc5c6c4C(C)(C)C=CN6c4ccccc4C5(C)C)ccc2-3)cc1. The molecule has 2 heteroatoms. The van der Waals surface area contributed by atoms with E-state index < -0.39 is 0 Å². The van der Waals surface area contributed by atoms with Crippen LogP contribution in [0.1, 0.15) is 95.7 Å². The second-order valence-corrected chi connectivity index (χ2v) is 19.6. The summed E-state index contributed by atoms with van der Waals surface area (Å²) in [6, 6.07) is 57.0. The Hall–Kier alpha value is -6.12. The molecule has 10 rings (SSSR count). The van der Waals surface area contributed by atoms with Crippen LogP contribution in [0, 0.1) is 0 Å². The van der Waals surface area contributed by atoms with Crippen LogP contribution >= 0.6 is 0 Å². The van der Waals surface area contributed by atoms with Crippen molar-refractivity contribution in [1.82, 2.24) is 0 Å². The highest BCUT2D eigenvalue weighted by Crippen LogP contribution is 2.57. The van der Waals surface area contributed by atoms with Crippen LogP contribution < -0.4 is 9.80 Å². The molecule has 292 valence electrons. The van der Waals surface area contributed by atoms with Gasteiger partial charge in [0.2, 0.25) is 0 Å². The number of nitrogens with zero attached hydrogens (tertiary/aromatic N) is 2. The molecule has 2 nitrogen and oxygen atoms in total. The van der Waals surface area contributed by atoms with Crippen LogP contribution in [0.5, 0.6) is 0 Å². The predicted molar refractivity (Wildman–Crippen MR) is 251 cm³/mol. The van der Waals surface area contributed by atoms with Gasteiger partial charge in [0.1, 0.15) is 0 Å². The largest absolute Gasteiger partial charge is 0.317 e. The molecular weight excluding hydrogens is 713 g/mol. The number of allylic oxidation sites excluding steroid dienone is 1. The smallest absolute Gasteiger partial charge is 0.0543 e. The third kappa shape index (κ3) is 5.75. The summed E-state index contributed by atoms with van der Waals surface area (Å²) >= 11 is 0. The molecule has 0 unspecified atom stereocenters. The maximum atomic E-state index is 2.50. The van der Waals surface area contributed by atoms with Gasteiger partial charge in [0.15, 0.2) is 0 Å². The van der Waals surface area contributed by atoms with E-state index in [1.807, 2.05) is 0 Å². The summed E-state index contributed by atoms with van der Waals surface area (Å²) in [5, 5.41) is 0. The zero-order chi connectivity index (χ0) is 41.1. The Labute approximate surface area is 351 Å². The summed E-state index contributed by atoms with van der Waals surface area (Å²) < 4.78 is 0. The minimum atomic E-state index is -0.205. The second kappa shape index (κ2) is 12.9. The van der Waals surface area contributed by atoms with Gasteiger partial charge in [0.05, 0.1) is 5.69 Å². The predicted octanol–water partition coefficient (Wildman–Crippen LogP) is 15.7. The highest BCUT2D eigenvalue weighted by atomic mass is 15.2. The van der Waals surface area contributed by atoms with Crippen molar-refractivity contribution in [1.29, 1.82) is 0 Å². The van der Waals surface area contributed by atoms with Crippen molar-refractivity contribution >= 4 is 28.4 Å². The lowest BCUT2D eigenvalue weighted by Gasteiger charge is -2.46. The van der Waals surface area contributed by atoms with Gasteiger partial charge >= 0.3 is 0 Å². The normalized spacial score (nSPS) is 16.2. The lowest BCUT2D eigenvalue weighted by molar-refractivity contribution is 0.590. The van der Waals surface area contributed by atoms with Gasteiger partial charge in [-0.25, -0.2) is 0 Å². The van der Waals surface area contributed by atoms with Crippen molar-refractivity contribution in [3.63, 3.8) is 0 Å². The van der Waals surface area contributed by atoms with Crippen molar-refractivity contribution in [2.45, 2.75) is 84.0 Å². The Morgan fingerprint density at radius 1 is 0.458 bits per heavy atom. The van der Waals surface area contributed by atoms with Crippen LogP contribution in [0.4, 0.5) is 28.4 Å². The Balaban J connectivity index is 1.07. The van der Waals surface area contributed by atoms with Crippen LogP contribution in [0.3, 0.4) is 0 Å². The highest BCUT2D eigenvalue weighted by Gasteiger charge is 2.43. The Morgan fingerprint density at radius 3 is 1.69 bits per heavy atom. The van der Waals surface area contributed by atoms with Crippen LogP contribution in [-0.2, 0) is 21.7 Å². The van der Waals surface area contributed by atoms with E-state index in [2.05, 4.69) is 236 Å². The fourth-order valence-corrected chi connectivity index (χ4v) is 10.2. The lowest BCUT2D eigenvalue weighted by Crippen LogP contribution is -2.36. The minimum absolute atomic E-state index is 0.0770. The van der Waals surface area contributed by atoms with Crippen molar-refractivity contribution in [2.75, 3.05) is 9.80 Å². The zero-order valence-corrected chi connectivity index (χ0v) is 36.0. The number of fused-ring (bicyclic) bond motifs is 5. The van der Waals surface area contributed by atoms with E-state index in [0.717, 1.165) is 17.1 Å². The Bertz CT molecular complexity index is 2810. The van der Waals surface area contributed by atoms with E-state index in [0.29, 0.717) is 0 Å². The lowest BCUT2D eigenvalue weighted by atomic mass is 9.67. The van der Waals surface area contributed by atoms with Gasteiger partial charge in [0, 0.05) is 45.2 Å². The monoisotopic (exact) mass is 766 g/mol. The molecule has 7 aromatic carbocycles. The molecule has 0 aromatic heterocycles. The number of hydrogen-bond acceptors (Lipinski definition) is 2. The van der Waals surface area contributed by atoms with Gasteiger partial charge in [-0.05, 0) is 121 Å². The van der Waals surface area contributed by atoms with Crippen LogP contribution in [-0.4, -0.2) is 0 Å². The van der Waals surface area contributed by atoms with E-state index >= 15 is 0 Å². The fourth-order valence-electron chi connectivity index (χ4n) is 10.2. The molecule has 0 N–H and O–H groups in total. The van der Waals surface area contributed by atoms with Gasteiger partial charge in [-0.2, -0.15) is 0 Å². The molecule has 0 amide bonds. The topological polar surface area (TPSA) is 6.48 Å². The zero-order valence-electron chi connectivity index (χ0n) is 36.0. The first-order valence-corrected chi connectivity index (χ1v) is 21.3. The molecule has 59 heavy (non-hydrogen) atoms. The number of hydrogen-bond donors (Lipinski definition) is 0. The van der Waals surface area contributed by atoms with Crippen molar-refractivity contribution in [3.05, 3.63) is 197 Å². The molecule has 2 aliphatic heterocycles. The van der Waals surface area contributed by atoms with Crippen LogP contribution in [0.25, 0.3) is 33.4 Å². The molecule has 0 radical (unpaired) electrons. The molecule has 0 atom stereocenters. The van der Waals surface area contributed by atoms with Crippen molar-refractivity contribution in [2.24, 2.45) is 0 Å². The van der Waals surface area contributed by atoms with Gasteiger partial charge in [-0.15, -0.1) is 0 Å². The molecule has 0 fully saturated rings. The maximum Gasteiger partial charge on any atom is 0.0543 e. The first-order valence-electron chi connectivity index (χ1n) is 21.3. The highest BCUT2D eigenvalue weighted by molar-refractivity contribution is 5.92. The first-order chi connectivity index (χ1) is 28.1. The fraction of sp³-hybridized carbons (Fsp3) is 0.228. The average Bonchev–Trinajstić information content (AvgIpc) is 3.45. The Morgan fingerprint density at radius 2 is 1.00 bits per heavy atom. The molecule has 0 saturated heterocycles. The standard InChI is InChI=1S/C57H54N2/c1-54(2,3)40-22-26-42(27-23-40)59(41-24-19-38(20-25-41)37-15-11-10-12-16-37)43-28-30-46-45-29-21-39(35-49(45)57(8,9)50(46)36-43)44-31-32-48-53-52(44)55(4,5)33-34-58(53)51-18-14-13-17-47(51)56(48,6)7/h10-36H,1-9H3. The van der Waals surface area contributed by atoms with Crippen LogP contribution in [0.15, 0.2) is 164 Å². The summed E-state index contributed by atoms with van der Waals surface area (Å²) in [4.78, 5) is 4.87. The second-order valence-electron chi connectivity index (χ2n) is 19.6. The molecule has 0 bridgehead atoms. The van der Waals surface area contributed by atoms with Gasteiger partial charge in [0.25, 0.3) is 0 Å². The van der Waals surface area contributed by atoms with E-state index in [1.165, 1.54) is 78.1 Å². The molecule has 0 spiro atoms. The number of para-hydroxylation sites is 1. The third-order valence-electron chi connectivity index (χ3n) is 13.7. The summed E-state index contributed by atoms with van der Waals surface area (Å²) in [6.07, 6.45) is 4.70. The number of anilines is 5. The first kappa shape index (κ1) is 37.2. The van der Waals surface area contributed by atoms with Gasteiger partial charge in [-0.3, -0.25) is 0 Å².